The van der Waals surface area contributed by atoms with Crippen LogP contribution < -0.4 is 4.90 Å². The highest BCUT2D eigenvalue weighted by molar-refractivity contribution is 6.00. The Hall–Kier alpha value is -2.04. The first-order valence-electron chi connectivity index (χ1n) is 5.90. The van der Waals surface area contributed by atoms with Gasteiger partial charge >= 0.3 is 12.1 Å². The van der Waals surface area contributed by atoms with E-state index in [1.807, 2.05) is 0 Å². The van der Waals surface area contributed by atoms with E-state index in [0.29, 0.717) is 11.3 Å². The molecule has 19 heavy (non-hydrogen) atoms. The number of carbonyl (C=O) groups is 2. The first-order valence-corrected chi connectivity index (χ1v) is 5.90. The van der Waals surface area contributed by atoms with Gasteiger partial charge in [-0.1, -0.05) is 12.1 Å². The summed E-state index contributed by atoms with van der Waals surface area (Å²) >= 11 is 0. The maximum atomic E-state index is 12.0. The number of ether oxygens (including phenoxy) is 2. The fourth-order valence-corrected chi connectivity index (χ4v) is 1.48. The number of rotatable bonds is 2. The van der Waals surface area contributed by atoms with Crippen LogP contribution in [0.1, 0.15) is 31.1 Å². The monoisotopic (exact) mass is 265 g/mol. The van der Waals surface area contributed by atoms with Crippen LogP contribution in [0.25, 0.3) is 0 Å². The summed E-state index contributed by atoms with van der Waals surface area (Å²) in [5.74, 6) is -0.494. The van der Waals surface area contributed by atoms with Crippen LogP contribution in [0, 0.1) is 0 Å². The molecule has 0 radical (unpaired) electrons. The van der Waals surface area contributed by atoms with E-state index < -0.39 is 17.7 Å². The second-order valence-corrected chi connectivity index (χ2v) is 5.05. The molecule has 1 aromatic rings. The molecule has 1 amide bonds. The highest BCUT2D eigenvalue weighted by Crippen LogP contribution is 2.22. The highest BCUT2D eigenvalue weighted by atomic mass is 16.6. The van der Waals surface area contributed by atoms with Gasteiger partial charge in [0.25, 0.3) is 0 Å². The lowest BCUT2D eigenvalue weighted by atomic mass is 10.1. The zero-order chi connectivity index (χ0) is 14.6. The summed E-state index contributed by atoms with van der Waals surface area (Å²) in [6.07, 6.45) is -0.524. The summed E-state index contributed by atoms with van der Waals surface area (Å²) < 4.78 is 9.95. The fraction of sp³-hybridized carbons (Fsp3) is 0.429. The molecule has 5 heteroatoms. The molecule has 1 rings (SSSR count). The van der Waals surface area contributed by atoms with Crippen LogP contribution in [-0.4, -0.2) is 31.8 Å². The third-order valence-corrected chi connectivity index (χ3v) is 2.34. The van der Waals surface area contributed by atoms with Gasteiger partial charge in [-0.25, -0.2) is 9.59 Å². The molecular formula is C14H19NO4. The highest BCUT2D eigenvalue weighted by Gasteiger charge is 2.23. The Kier molecular flexibility index (Phi) is 4.53. The van der Waals surface area contributed by atoms with Gasteiger partial charge in [0, 0.05) is 7.05 Å². The second-order valence-electron chi connectivity index (χ2n) is 5.05. The molecular weight excluding hydrogens is 246 g/mol. The molecule has 0 heterocycles. The number of benzene rings is 1. The summed E-state index contributed by atoms with van der Waals surface area (Å²) in [5.41, 5.74) is 0.174. The smallest absolute Gasteiger partial charge is 0.414 e. The van der Waals surface area contributed by atoms with E-state index in [4.69, 9.17) is 9.47 Å². The molecule has 1 aromatic carbocycles. The summed E-state index contributed by atoms with van der Waals surface area (Å²) in [6.45, 7) is 5.35. The molecule has 0 N–H and O–H groups in total. The number of amides is 1. The number of carbonyl (C=O) groups excluding carboxylic acids is 2. The van der Waals surface area contributed by atoms with Crippen molar-refractivity contribution in [2.24, 2.45) is 0 Å². The van der Waals surface area contributed by atoms with E-state index in [1.54, 1.807) is 52.1 Å². The predicted octanol–water partition coefficient (Wildman–Crippen LogP) is 2.84. The van der Waals surface area contributed by atoms with Crippen LogP contribution in [0.15, 0.2) is 24.3 Å². The van der Waals surface area contributed by atoms with Gasteiger partial charge in [-0.15, -0.1) is 0 Å². The minimum Gasteiger partial charge on any atom is -0.465 e. The standard InChI is InChI=1S/C14H19NO4/c1-14(2,3)19-13(17)15(4)11-9-7-6-8-10(11)12(16)18-5/h6-9H,1-5H3. The Labute approximate surface area is 113 Å². The largest absolute Gasteiger partial charge is 0.465 e. The van der Waals surface area contributed by atoms with E-state index in [1.165, 1.54) is 12.0 Å². The molecule has 5 nitrogen and oxygen atoms in total. The normalized spacial score (nSPS) is 10.8. The van der Waals surface area contributed by atoms with Crippen molar-refractivity contribution in [2.75, 3.05) is 19.1 Å². The molecule has 0 unspecified atom stereocenters. The average Bonchev–Trinajstić information content (AvgIpc) is 2.35. The van der Waals surface area contributed by atoms with Crippen molar-refractivity contribution in [2.45, 2.75) is 26.4 Å². The Morgan fingerprint density at radius 2 is 1.74 bits per heavy atom. The number of anilines is 1. The first-order chi connectivity index (χ1) is 8.76. The second kappa shape index (κ2) is 5.73. The maximum absolute atomic E-state index is 12.0. The number of para-hydroxylation sites is 1. The van der Waals surface area contributed by atoms with E-state index in [2.05, 4.69) is 0 Å². The van der Waals surface area contributed by atoms with E-state index in [0.717, 1.165) is 0 Å². The maximum Gasteiger partial charge on any atom is 0.414 e. The lowest BCUT2D eigenvalue weighted by Crippen LogP contribution is -2.35. The van der Waals surface area contributed by atoms with Crippen LogP contribution in [-0.2, 0) is 9.47 Å². The number of nitrogens with zero attached hydrogens (tertiary/aromatic N) is 1. The number of hydrogen-bond donors (Lipinski definition) is 0. The lowest BCUT2D eigenvalue weighted by molar-refractivity contribution is 0.0587. The lowest BCUT2D eigenvalue weighted by Gasteiger charge is -2.25. The van der Waals surface area contributed by atoms with Crippen LogP contribution in [0.3, 0.4) is 0 Å². The van der Waals surface area contributed by atoms with E-state index in [9.17, 15) is 9.59 Å². The van der Waals surface area contributed by atoms with Crippen LogP contribution in [0.5, 0.6) is 0 Å². The van der Waals surface area contributed by atoms with Gasteiger partial charge in [-0.2, -0.15) is 0 Å². The Balaban J connectivity index is 3.03. The van der Waals surface area contributed by atoms with Crippen molar-refractivity contribution in [1.82, 2.24) is 0 Å². The third-order valence-electron chi connectivity index (χ3n) is 2.34. The third kappa shape index (κ3) is 3.98. The molecule has 0 aliphatic heterocycles. The van der Waals surface area contributed by atoms with Gasteiger partial charge in [-0.05, 0) is 32.9 Å². The van der Waals surface area contributed by atoms with Gasteiger partial charge in [0.05, 0.1) is 18.4 Å². The van der Waals surface area contributed by atoms with Gasteiger partial charge in [-0.3, -0.25) is 4.90 Å². The molecule has 0 aliphatic carbocycles. The number of methoxy groups -OCH3 is 1. The van der Waals surface area contributed by atoms with Crippen molar-refractivity contribution in [3.05, 3.63) is 29.8 Å². The van der Waals surface area contributed by atoms with Crippen molar-refractivity contribution in [3.63, 3.8) is 0 Å². The Morgan fingerprint density at radius 1 is 1.16 bits per heavy atom. The first kappa shape index (κ1) is 15.0. The van der Waals surface area contributed by atoms with Gasteiger partial charge < -0.3 is 9.47 Å². The molecule has 104 valence electrons. The summed E-state index contributed by atoms with van der Waals surface area (Å²) in [4.78, 5) is 24.9. The molecule has 0 saturated carbocycles. The molecule has 0 saturated heterocycles. The molecule has 0 atom stereocenters. The van der Waals surface area contributed by atoms with E-state index >= 15 is 0 Å². The fourth-order valence-electron chi connectivity index (χ4n) is 1.48. The van der Waals surface area contributed by atoms with Gasteiger partial charge in [0.1, 0.15) is 5.60 Å². The Bertz CT molecular complexity index is 477. The minimum absolute atomic E-state index is 0.318. The van der Waals surface area contributed by atoms with Crippen LogP contribution >= 0.6 is 0 Å². The van der Waals surface area contributed by atoms with E-state index in [-0.39, 0.29) is 0 Å². The minimum atomic E-state index is -0.592. The van der Waals surface area contributed by atoms with Crippen LogP contribution in [0.4, 0.5) is 10.5 Å². The summed E-state index contributed by atoms with van der Waals surface area (Å²) in [7, 11) is 2.85. The Morgan fingerprint density at radius 3 is 2.26 bits per heavy atom. The quantitative estimate of drug-likeness (QED) is 0.771. The topological polar surface area (TPSA) is 55.8 Å². The molecule has 0 aromatic heterocycles. The molecule has 0 bridgehead atoms. The van der Waals surface area contributed by atoms with Gasteiger partial charge in [0.15, 0.2) is 0 Å². The van der Waals surface area contributed by atoms with Crippen LogP contribution in [0.2, 0.25) is 0 Å². The van der Waals surface area contributed by atoms with Crippen molar-refractivity contribution < 1.29 is 19.1 Å². The van der Waals surface area contributed by atoms with Crippen molar-refractivity contribution >= 4 is 17.7 Å². The average molecular weight is 265 g/mol. The van der Waals surface area contributed by atoms with Crippen molar-refractivity contribution in [3.8, 4) is 0 Å². The molecule has 0 spiro atoms. The SMILES string of the molecule is COC(=O)c1ccccc1N(C)C(=O)OC(C)(C)C. The molecule has 0 aliphatic rings. The summed E-state index contributed by atoms with van der Waals surface area (Å²) in [6, 6.07) is 6.71. The predicted molar refractivity (Wildman–Crippen MR) is 72.4 cm³/mol. The zero-order valence-electron chi connectivity index (χ0n) is 11.9. The number of hydrogen-bond acceptors (Lipinski definition) is 4. The number of esters is 1. The summed E-state index contributed by atoms with van der Waals surface area (Å²) in [5, 5.41) is 0. The molecule has 0 fully saturated rings. The zero-order valence-corrected chi connectivity index (χ0v) is 11.9. The van der Waals surface area contributed by atoms with Gasteiger partial charge in [0.2, 0.25) is 0 Å². The van der Waals surface area contributed by atoms with Crippen molar-refractivity contribution in [1.29, 1.82) is 0 Å².